The molecule has 0 saturated heterocycles. The van der Waals surface area contributed by atoms with Crippen molar-refractivity contribution in [3.8, 4) is 17.2 Å². The first-order valence-corrected chi connectivity index (χ1v) is 9.78. The normalized spacial score (nSPS) is 12.4. The van der Waals surface area contributed by atoms with Crippen molar-refractivity contribution >= 4 is 11.9 Å². The maximum atomic E-state index is 12.6. The minimum absolute atomic E-state index is 0.144. The average Bonchev–Trinajstić information content (AvgIpc) is 2.78. The molecule has 2 aromatic rings. The molecule has 0 fully saturated rings. The average molecular weight is 415 g/mol. The molecule has 0 saturated carbocycles. The molecule has 162 valence electrons. The van der Waals surface area contributed by atoms with Crippen molar-refractivity contribution in [3.05, 3.63) is 53.6 Å². The fraction of sp³-hybridized carbons (Fsp3) is 0.391. The molecule has 2 atom stereocenters. The van der Waals surface area contributed by atoms with Crippen LogP contribution in [0.4, 0.5) is 0 Å². The highest BCUT2D eigenvalue weighted by molar-refractivity contribution is 5.95. The standard InChI is InChI=1S/C23H29NO6/c1-6-16(17-10-8-7-9-11-17)14-24-22(25)15(2)30-23(26)18-12-20(28-4)21(29-5)13-19(18)27-3/h7-13,15-16H,6,14H2,1-5H3,(H,24,25)/t15-,16+/m1/s1. The third-order valence-electron chi connectivity index (χ3n) is 4.87. The second-order valence-corrected chi connectivity index (χ2v) is 6.72. The smallest absolute Gasteiger partial charge is 0.342 e. The van der Waals surface area contributed by atoms with Gasteiger partial charge in [0.2, 0.25) is 0 Å². The van der Waals surface area contributed by atoms with E-state index in [0.717, 1.165) is 12.0 Å². The fourth-order valence-corrected chi connectivity index (χ4v) is 3.06. The van der Waals surface area contributed by atoms with Gasteiger partial charge in [0.15, 0.2) is 17.6 Å². The number of carbonyl (C=O) groups is 2. The van der Waals surface area contributed by atoms with Gasteiger partial charge in [-0.15, -0.1) is 0 Å². The number of amides is 1. The number of hydrogen-bond acceptors (Lipinski definition) is 6. The molecule has 2 rings (SSSR count). The lowest BCUT2D eigenvalue weighted by molar-refractivity contribution is -0.129. The molecule has 0 bridgehead atoms. The maximum absolute atomic E-state index is 12.6. The van der Waals surface area contributed by atoms with Crippen molar-refractivity contribution in [2.24, 2.45) is 0 Å². The van der Waals surface area contributed by atoms with Crippen LogP contribution in [0.25, 0.3) is 0 Å². The number of carbonyl (C=O) groups excluding carboxylic acids is 2. The molecule has 7 nitrogen and oxygen atoms in total. The van der Waals surface area contributed by atoms with Crippen LogP contribution in [-0.4, -0.2) is 45.9 Å². The molecule has 7 heteroatoms. The summed E-state index contributed by atoms with van der Waals surface area (Å²) >= 11 is 0. The van der Waals surface area contributed by atoms with Crippen molar-refractivity contribution in [1.29, 1.82) is 0 Å². The van der Waals surface area contributed by atoms with E-state index in [1.165, 1.54) is 40.4 Å². The highest BCUT2D eigenvalue weighted by Crippen LogP contribution is 2.35. The summed E-state index contributed by atoms with van der Waals surface area (Å²) in [5, 5.41) is 2.87. The van der Waals surface area contributed by atoms with E-state index in [0.29, 0.717) is 18.0 Å². The Hall–Kier alpha value is -3.22. The number of esters is 1. The van der Waals surface area contributed by atoms with Crippen molar-refractivity contribution in [2.45, 2.75) is 32.3 Å². The van der Waals surface area contributed by atoms with Gasteiger partial charge in [-0.2, -0.15) is 0 Å². The van der Waals surface area contributed by atoms with Gasteiger partial charge in [-0.05, 0) is 18.9 Å². The van der Waals surface area contributed by atoms with Crippen LogP contribution < -0.4 is 19.5 Å². The van der Waals surface area contributed by atoms with Gasteiger partial charge in [-0.25, -0.2) is 4.79 Å². The van der Waals surface area contributed by atoms with E-state index in [4.69, 9.17) is 18.9 Å². The molecule has 0 aliphatic rings. The van der Waals surface area contributed by atoms with Gasteiger partial charge in [0.05, 0.1) is 21.3 Å². The Labute approximate surface area is 177 Å². The number of hydrogen-bond donors (Lipinski definition) is 1. The fourth-order valence-electron chi connectivity index (χ4n) is 3.06. The molecule has 0 spiro atoms. The lowest BCUT2D eigenvalue weighted by Gasteiger charge is -2.19. The Balaban J connectivity index is 2.03. The summed E-state index contributed by atoms with van der Waals surface area (Å²) in [6, 6.07) is 13.0. The van der Waals surface area contributed by atoms with Crippen LogP contribution in [0.1, 0.15) is 42.1 Å². The van der Waals surface area contributed by atoms with Crippen LogP contribution in [-0.2, 0) is 9.53 Å². The summed E-state index contributed by atoms with van der Waals surface area (Å²) in [5.74, 6) is 0.173. The van der Waals surface area contributed by atoms with E-state index in [2.05, 4.69) is 12.2 Å². The van der Waals surface area contributed by atoms with Gasteiger partial charge in [0, 0.05) is 24.6 Å². The molecule has 2 aromatic carbocycles. The number of rotatable bonds is 10. The zero-order valence-corrected chi connectivity index (χ0v) is 18.1. The number of benzene rings is 2. The van der Waals surface area contributed by atoms with E-state index < -0.39 is 12.1 Å². The van der Waals surface area contributed by atoms with Gasteiger partial charge >= 0.3 is 5.97 Å². The Morgan fingerprint density at radius 3 is 2.10 bits per heavy atom. The first-order valence-electron chi connectivity index (χ1n) is 9.78. The lowest BCUT2D eigenvalue weighted by atomic mass is 9.96. The topological polar surface area (TPSA) is 83.1 Å². The number of ether oxygens (including phenoxy) is 4. The van der Waals surface area contributed by atoms with E-state index in [9.17, 15) is 9.59 Å². The summed E-state index contributed by atoms with van der Waals surface area (Å²) < 4.78 is 21.1. The Morgan fingerprint density at radius 2 is 1.53 bits per heavy atom. The zero-order valence-electron chi connectivity index (χ0n) is 18.1. The predicted molar refractivity (Wildman–Crippen MR) is 113 cm³/mol. The molecule has 0 heterocycles. The van der Waals surface area contributed by atoms with Gasteiger partial charge in [-0.3, -0.25) is 4.79 Å². The summed E-state index contributed by atoms with van der Waals surface area (Å²) in [7, 11) is 4.38. The summed E-state index contributed by atoms with van der Waals surface area (Å²) in [6.07, 6.45) is -0.0926. The molecule has 0 unspecified atom stereocenters. The third kappa shape index (κ3) is 5.65. The van der Waals surface area contributed by atoms with Gasteiger partial charge in [0.25, 0.3) is 5.91 Å². The van der Waals surface area contributed by atoms with Crippen LogP contribution >= 0.6 is 0 Å². The van der Waals surface area contributed by atoms with Gasteiger partial charge < -0.3 is 24.3 Å². The summed E-state index contributed by atoms with van der Waals surface area (Å²) in [5.41, 5.74) is 1.30. The van der Waals surface area contributed by atoms with Crippen molar-refractivity contribution in [3.63, 3.8) is 0 Å². The monoisotopic (exact) mass is 415 g/mol. The second-order valence-electron chi connectivity index (χ2n) is 6.72. The van der Waals surface area contributed by atoms with E-state index >= 15 is 0 Å². The SMILES string of the molecule is CC[C@@H](CNC(=O)[C@@H](C)OC(=O)c1cc(OC)c(OC)cc1OC)c1ccccc1. The van der Waals surface area contributed by atoms with Gasteiger partial charge in [-0.1, -0.05) is 37.3 Å². The molecule has 1 amide bonds. The highest BCUT2D eigenvalue weighted by Gasteiger charge is 2.24. The van der Waals surface area contributed by atoms with Crippen molar-refractivity contribution in [1.82, 2.24) is 5.32 Å². The molecule has 0 aromatic heterocycles. The molecule has 0 aliphatic carbocycles. The van der Waals surface area contributed by atoms with Crippen LogP contribution in [0.15, 0.2) is 42.5 Å². The number of methoxy groups -OCH3 is 3. The van der Waals surface area contributed by atoms with E-state index in [1.54, 1.807) is 0 Å². The minimum Gasteiger partial charge on any atom is -0.496 e. The molecule has 0 radical (unpaired) electrons. The Morgan fingerprint density at radius 1 is 0.933 bits per heavy atom. The van der Waals surface area contributed by atoms with Gasteiger partial charge in [0.1, 0.15) is 11.3 Å². The maximum Gasteiger partial charge on any atom is 0.342 e. The van der Waals surface area contributed by atoms with Crippen LogP contribution in [0.2, 0.25) is 0 Å². The minimum atomic E-state index is -0.969. The second kappa shape index (κ2) is 11.1. The highest BCUT2D eigenvalue weighted by atomic mass is 16.6. The summed E-state index contributed by atoms with van der Waals surface area (Å²) in [4.78, 5) is 25.1. The van der Waals surface area contributed by atoms with Crippen LogP contribution in [0, 0.1) is 0 Å². The van der Waals surface area contributed by atoms with Crippen LogP contribution in [0.5, 0.6) is 17.2 Å². The predicted octanol–water partition coefficient (Wildman–Crippen LogP) is 3.57. The first kappa shape index (κ1) is 23.1. The molecule has 1 N–H and O–H groups in total. The molecule has 30 heavy (non-hydrogen) atoms. The molecular formula is C23H29NO6. The van der Waals surface area contributed by atoms with Crippen molar-refractivity contribution < 1.29 is 28.5 Å². The number of nitrogens with one attached hydrogen (secondary N) is 1. The Kier molecular flexibility index (Phi) is 8.53. The molecular weight excluding hydrogens is 386 g/mol. The third-order valence-corrected chi connectivity index (χ3v) is 4.87. The van der Waals surface area contributed by atoms with E-state index in [1.807, 2.05) is 30.3 Å². The first-order chi connectivity index (χ1) is 14.4. The lowest BCUT2D eigenvalue weighted by Crippen LogP contribution is -2.38. The Bertz CT molecular complexity index is 852. The van der Waals surface area contributed by atoms with E-state index in [-0.39, 0.29) is 23.1 Å². The quantitative estimate of drug-likeness (QED) is 0.598. The van der Waals surface area contributed by atoms with Crippen LogP contribution in [0.3, 0.4) is 0 Å². The molecule has 0 aliphatic heterocycles. The van der Waals surface area contributed by atoms with Crippen molar-refractivity contribution in [2.75, 3.05) is 27.9 Å². The summed E-state index contributed by atoms with van der Waals surface area (Å²) in [6.45, 7) is 4.06. The largest absolute Gasteiger partial charge is 0.496 e. The zero-order chi connectivity index (χ0) is 22.1.